The average molecular weight is 206 g/mol. The quantitative estimate of drug-likeness (QED) is 0.825. The largest absolute Gasteiger partial charge is 0.480 e. The molecule has 0 spiro atoms. The van der Waals surface area contributed by atoms with Crippen LogP contribution in [0.25, 0.3) is 0 Å². The number of hydrogen-bond donors (Lipinski definition) is 1. The Balaban J connectivity index is 2.04. The number of aromatic nitrogens is 1. The summed E-state index contributed by atoms with van der Waals surface area (Å²) < 4.78 is 5.21. The van der Waals surface area contributed by atoms with Crippen molar-refractivity contribution in [1.29, 1.82) is 0 Å². The van der Waals surface area contributed by atoms with E-state index in [1.807, 2.05) is 12.1 Å². The van der Waals surface area contributed by atoms with Crippen LogP contribution in [0.15, 0.2) is 18.3 Å². The second kappa shape index (κ2) is 4.51. The van der Waals surface area contributed by atoms with Gasteiger partial charge >= 0.3 is 0 Å². The van der Waals surface area contributed by atoms with Crippen LogP contribution in [0.4, 0.5) is 5.69 Å². The van der Waals surface area contributed by atoms with Gasteiger partial charge in [0.2, 0.25) is 5.88 Å². The Morgan fingerprint density at radius 1 is 1.47 bits per heavy atom. The van der Waals surface area contributed by atoms with Crippen molar-refractivity contribution in [3.05, 3.63) is 18.3 Å². The summed E-state index contributed by atoms with van der Waals surface area (Å²) in [5, 5.41) is 3.50. The maximum atomic E-state index is 5.21. The third-order valence-corrected chi connectivity index (χ3v) is 3.02. The summed E-state index contributed by atoms with van der Waals surface area (Å²) in [7, 11) is 1.66. The van der Waals surface area contributed by atoms with Gasteiger partial charge in [-0.3, -0.25) is 0 Å². The molecule has 3 nitrogen and oxygen atoms in total. The minimum absolute atomic E-state index is 0.582. The third kappa shape index (κ3) is 2.41. The van der Waals surface area contributed by atoms with Crippen LogP contribution in [0.5, 0.6) is 5.88 Å². The summed E-state index contributed by atoms with van der Waals surface area (Å²) in [6.07, 6.45) is 5.57. The Bertz CT molecular complexity index is 327. The molecule has 1 aliphatic carbocycles. The highest BCUT2D eigenvalue weighted by Gasteiger charge is 2.21. The molecule has 1 heterocycles. The predicted octanol–water partition coefficient (Wildman–Crippen LogP) is 2.69. The van der Waals surface area contributed by atoms with Crippen molar-refractivity contribution < 1.29 is 4.74 Å². The van der Waals surface area contributed by atoms with Crippen LogP contribution in [0.1, 0.15) is 26.2 Å². The first-order valence-electron chi connectivity index (χ1n) is 5.55. The molecule has 0 aliphatic heterocycles. The van der Waals surface area contributed by atoms with E-state index in [0.29, 0.717) is 11.9 Å². The summed E-state index contributed by atoms with van der Waals surface area (Å²) in [5.41, 5.74) is 1.01. The third-order valence-electron chi connectivity index (χ3n) is 3.02. The number of rotatable bonds is 3. The van der Waals surface area contributed by atoms with Crippen molar-refractivity contribution in [1.82, 2.24) is 4.98 Å². The number of pyridine rings is 1. The molecular weight excluding hydrogens is 188 g/mol. The van der Waals surface area contributed by atoms with E-state index in [9.17, 15) is 0 Å². The molecule has 1 saturated carbocycles. The van der Waals surface area contributed by atoms with Crippen LogP contribution in [0, 0.1) is 5.92 Å². The van der Waals surface area contributed by atoms with Crippen molar-refractivity contribution in [3.63, 3.8) is 0 Å². The molecule has 1 N–H and O–H groups in total. The SMILES string of the molecule is COc1ncccc1N[C@H]1CC[C@@H](C)C1. The van der Waals surface area contributed by atoms with E-state index in [-0.39, 0.29) is 0 Å². The van der Waals surface area contributed by atoms with Crippen LogP contribution in [-0.4, -0.2) is 18.1 Å². The summed E-state index contributed by atoms with van der Waals surface area (Å²) in [5.74, 6) is 1.53. The Morgan fingerprint density at radius 3 is 3.00 bits per heavy atom. The number of hydrogen-bond acceptors (Lipinski definition) is 3. The molecule has 0 bridgehead atoms. The maximum Gasteiger partial charge on any atom is 0.237 e. The number of anilines is 1. The summed E-state index contributed by atoms with van der Waals surface area (Å²) in [6.45, 7) is 2.31. The molecule has 2 rings (SSSR count). The van der Waals surface area contributed by atoms with E-state index in [1.54, 1.807) is 13.3 Å². The van der Waals surface area contributed by atoms with Crippen LogP contribution >= 0.6 is 0 Å². The van der Waals surface area contributed by atoms with Crippen LogP contribution in [0.2, 0.25) is 0 Å². The summed E-state index contributed by atoms with van der Waals surface area (Å²) in [6, 6.07) is 4.54. The van der Waals surface area contributed by atoms with Crippen molar-refractivity contribution in [3.8, 4) is 5.88 Å². The van der Waals surface area contributed by atoms with Gasteiger partial charge in [0, 0.05) is 12.2 Å². The van der Waals surface area contributed by atoms with Gasteiger partial charge in [0.1, 0.15) is 0 Å². The molecule has 82 valence electrons. The predicted molar refractivity (Wildman–Crippen MR) is 61.2 cm³/mol. The lowest BCUT2D eigenvalue weighted by atomic mass is 10.1. The Hall–Kier alpha value is -1.25. The van der Waals surface area contributed by atoms with Gasteiger partial charge in [-0.2, -0.15) is 0 Å². The lowest BCUT2D eigenvalue weighted by Crippen LogP contribution is -2.16. The molecule has 1 fully saturated rings. The molecule has 3 heteroatoms. The van der Waals surface area contributed by atoms with E-state index in [1.165, 1.54) is 19.3 Å². The molecule has 0 radical (unpaired) electrons. The van der Waals surface area contributed by atoms with Gasteiger partial charge in [-0.25, -0.2) is 4.98 Å². The number of ether oxygens (including phenoxy) is 1. The molecule has 1 aliphatic rings. The second-order valence-corrected chi connectivity index (χ2v) is 4.32. The number of nitrogens with one attached hydrogen (secondary N) is 1. The van der Waals surface area contributed by atoms with E-state index < -0.39 is 0 Å². The molecular formula is C12H18N2O. The molecule has 15 heavy (non-hydrogen) atoms. The van der Waals surface area contributed by atoms with Gasteiger partial charge < -0.3 is 10.1 Å². The Labute approximate surface area is 90.9 Å². The van der Waals surface area contributed by atoms with Gasteiger partial charge in [-0.05, 0) is 37.3 Å². The Morgan fingerprint density at radius 2 is 2.33 bits per heavy atom. The Kier molecular flexibility index (Phi) is 3.09. The molecule has 0 unspecified atom stereocenters. The van der Waals surface area contributed by atoms with Crippen molar-refractivity contribution in [2.24, 2.45) is 5.92 Å². The lowest BCUT2D eigenvalue weighted by Gasteiger charge is -2.15. The number of methoxy groups -OCH3 is 1. The first-order valence-corrected chi connectivity index (χ1v) is 5.55. The normalized spacial score (nSPS) is 25.2. The van der Waals surface area contributed by atoms with E-state index in [4.69, 9.17) is 4.74 Å². The molecule has 1 aromatic heterocycles. The monoisotopic (exact) mass is 206 g/mol. The molecule has 0 saturated heterocycles. The maximum absolute atomic E-state index is 5.21. The van der Waals surface area contributed by atoms with E-state index in [2.05, 4.69) is 17.2 Å². The topological polar surface area (TPSA) is 34.1 Å². The van der Waals surface area contributed by atoms with E-state index in [0.717, 1.165) is 11.6 Å². The zero-order valence-corrected chi connectivity index (χ0v) is 9.36. The van der Waals surface area contributed by atoms with Crippen molar-refractivity contribution in [2.45, 2.75) is 32.2 Å². The highest BCUT2D eigenvalue weighted by Crippen LogP contribution is 2.29. The molecule has 0 aromatic carbocycles. The minimum atomic E-state index is 0.582. The fraction of sp³-hybridized carbons (Fsp3) is 0.583. The molecule has 2 atom stereocenters. The van der Waals surface area contributed by atoms with Crippen molar-refractivity contribution in [2.75, 3.05) is 12.4 Å². The first-order chi connectivity index (χ1) is 7.29. The van der Waals surface area contributed by atoms with Gasteiger partial charge in [0.15, 0.2) is 0 Å². The smallest absolute Gasteiger partial charge is 0.237 e. The zero-order chi connectivity index (χ0) is 10.7. The highest BCUT2D eigenvalue weighted by molar-refractivity contribution is 5.52. The van der Waals surface area contributed by atoms with Gasteiger partial charge in [-0.1, -0.05) is 6.92 Å². The molecule has 1 aromatic rings. The van der Waals surface area contributed by atoms with Crippen molar-refractivity contribution >= 4 is 5.69 Å². The zero-order valence-electron chi connectivity index (χ0n) is 9.36. The fourth-order valence-corrected chi connectivity index (χ4v) is 2.22. The van der Waals surface area contributed by atoms with E-state index >= 15 is 0 Å². The second-order valence-electron chi connectivity index (χ2n) is 4.32. The number of nitrogens with zero attached hydrogens (tertiary/aromatic N) is 1. The van der Waals surface area contributed by atoms with Gasteiger partial charge in [-0.15, -0.1) is 0 Å². The van der Waals surface area contributed by atoms with Crippen LogP contribution < -0.4 is 10.1 Å². The standard InChI is InChI=1S/C12H18N2O/c1-9-5-6-10(8-9)14-11-4-3-7-13-12(11)15-2/h3-4,7,9-10,14H,5-6,8H2,1-2H3/t9-,10+/m1/s1. The highest BCUT2D eigenvalue weighted by atomic mass is 16.5. The first kappa shape index (κ1) is 10.3. The fourth-order valence-electron chi connectivity index (χ4n) is 2.22. The summed E-state index contributed by atoms with van der Waals surface area (Å²) >= 11 is 0. The minimum Gasteiger partial charge on any atom is -0.480 e. The van der Waals surface area contributed by atoms with Crippen LogP contribution in [0.3, 0.4) is 0 Å². The lowest BCUT2D eigenvalue weighted by molar-refractivity contribution is 0.399. The average Bonchev–Trinajstić information content (AvgIpc) is 2.65. The van der Waals surface area contributed by atoms with Gasteiger partial charge in [0.05, 0.1) is 12.8 Å². The summed E-state index contributed by atoms with van der Waals surface area (Å²) in [4.78, 5) is 4.17. The van der Waals surface area contributed by atoms with Gasteiger partial charge in [0.25, 0.3) is 0 Å². The molecule has 0 amide bonds. The van der Waals surface area contributed by atoms with Crippen LogP contribution in [-0.2, 0) is 0 Å².